The summed E-state index contributed by atoms with van der Waals surface area (Å²) >= 11 is 0. The molecule has 1 fully saturated rings. The Labute approximate surface area is 172 Å². The Bertz CT molecular complexity index is 665. The van der Waals surface area contributed by atoms with Gasteiger partial charge in [-0.05, 0) is 6.92 Å². The van der Waals surface area contributed by atoms with E-state index in [4.69, 9.17) is 28.4 Å². The van der Waals surface area contributed by atoms with Crippen molar-refractivity contribution in [3.63, 3.8) is 0 Å². The predicted octanol–water partition coefficient (Wildman–Crippen LogP) is -0.391. The first-order chi connectivity index (χ1) is 14.0. The van der Waals surface area contributed by atoms with Crippen LogP contribution in [0.25, 0.3) is 0 Å². The zero-order valence-electron chi connectivity index (χ0n) is 17.2. The Morgan fingerprint density at radius 1 is 1.00 bits per heavy atom. The molecule has 1 heterocycles. The fourth-order valence-corrected chi connectivity index (χ4v) is 3.08. The Morgan fingerprint density at radius 3 is 2.00 bits per heavy atom. The maximum Gasteiger partial charge on any atom is 0.382 e. The van der Waals surface area contributed by atoms with Crippen molar-refractivity contribution < 1.29 is 52.5 Å². The molecule has 1 aliphatic rings. The van der Waals surface area contributed by atoms with Gasteiger partial charge in [0.1, 0.15) is 18.6 Å². The van der Waals surface area contributed by atoms with Gasteiger partial charge >= 0.3 is 29.9 Å². The molecule has 0 spiro atoms. The van der Waals surface area contributed by atoms with Crippen molar-refractivity contribution in [2.75, 3.05) is 20.3 Å². The van der Waals surface area contributed by atoms with E-state index in [2.05, 4.69) is 0 Å². The number of rotatable bonds is 9. The number of methoxy groups -OCH3 is 1. The van der Waals surface area contributed by atoms with Crippen molar-refractivity contribution in [1.82, 2.24) is 0 Å². The van der Waals surface area contributed by atoms with Crippen LogP contribution in [-0.2, 0) is 47.6 Å². The molecular weight excluding hydrogens is 410 g/mol. The molecule has 0 N–H and O–H groups in total. The minimum absolute atomic E-state index is 0.144. The van der Waals surface area contributed by atoms with Gasteiger partial charge in [0.2, 0.25) is 0 Å². The minimum Gasteiger partial charge on any atom is -0.463 e. The molecule has 3 unspecified atom stereocenters. The zero-order valence-corrected chi connectivity index (χ0v) is 17.2. The molecule has 170 valence electrons. The van der Waals surface area contributed by atoms with Crippen molar-refractivity contribution in [3.05, 3.63) is 10.1 Å². The molecule has 13 heteroatoms. The smallest absolute Gasteiger partial charge is 0.382 e. The lowest BCUT2D eigenvalue weighted by atomic mass is 9.85. The summed E-state index contributed by atoms with van der Waals surface area (Å²) in [5, 5.41) is 11.7. The average molecular weight is 435 g/mol. The first-order valence-corrected chi connectivity index (χ1v) is 8.99. The molecule has 13 nitrogen and oxygen atoms in total. The normalized spacial score (nSPS) is 26.8. The summed E-state index contributed by atoms with van der Waals surface area (Å²) in [4.78, 5) is 57.7. The number of ether oxygens (including phenoxy) is 6. The number of carbonyl (C=O) groups excluding carboxylic acids is 4. The fourth-order valence-electron chi connectivity index (χ4n) is 3.08. The van der Waals surface area contributed by atoms with Crippen LogP contribution in [0.4, 0.5) is 0 Å². The topological polar surface area (TPSA) is 167 Å². The summed E-state index contributed by atoms with van der Waals surface area (Å²) in [6.45, 7) is 4.11. The van der Waals surface area contributed by atoms with E-state index in [-0.39, 0.29) is 6.61 Å². The Hall–Kier alpha value is -2.80. The van der Waals surface area contributed by atoms with Gasteiger partial charge in [-0.1, -0.05) is 0 Å². The average Bonchev–Trinajstić information content (AvgIpc) is 2.62. The molecule has 0 aromatic rings. The molecule has 0 saturated carbocycles. The van der Waals surface area contributed by atoms with Crippen LogP contribution in [0.1, 0.15) is 27.7 Å². The van der Waals surface area contributed by atoms with E-state index in [9.17, 15) is 29.3 Å². The van der Waals surface area contributed by atoms with Gasteiger partial charge in [-0.15, -0.1) is 0 Å². The molecule has 0 amide bonds. The van der Waals surface area contributed by atoms with Crippen molar-refractivity contribution >= 4 is 23.9 Å². The van der Waals surface area contributed by atoms with E-state index in [0.717, 1.165) is 27.9 Å². The highest BCUT2D eigenvalue weighted by Crippen LogP contribution is 2.35. The van der Waals surface area contributed by atoms with E-state index in [1.807, 2.05) is 0 Å². The molecular formula is C17H25NO12. The Kier molecular flexibility index (Phi) is 9.59. The lowest BCUT2D eigenvalue weighted by Crippen LogP contribution is -2.64. The van der Waals surface area contributed by atoms with Gasteiger partial charge in [-0.2, -0.15) is 0 Å². The predicted molar refractivity (Wildman–Crippen MR) is 94.3 cm³/mol. The Balaban J connectivity index is 3.48. The van der Waals surface area contributed by atoms with Crippen molar-refractivity contribution in [3.8, 4) is 0 Å². The summed E-state index contributed by atoms with van der Waals surface area (Å²) in [6, 6.07) is -2.06. The molecule has 0 aliphatic carbocycles. The minimum atomic E-state index is -2.06. The van der Waals surface area contributed by atoms with E-state index >= 15 is 0 Å². The summed E-state index contributed by atoms with van der Waals surface area (Å²) in [7, 11) is 1.15. The molecule has 6 atom stereocenters. The number of hydrogen-bond donors (Lipinski definition) is 0. The van der Waals surface area contributed by atoms with Crippen LogP contribution in [0.3, 0.4) is 0 Å². The van der Waals surface area contributed by atoms with Crippen LogP contribution in [0.5, 0.6) is 0 Å². The van der Waals surface area contributed by atoms with Crippen LogP contribution in [0, 0.1) is 16.0 Å². The number of esters is 4. The van der Waals surface area contributed by atoms with E-state index in [1.54, 1.807) is 0 Å². The lowest BCUT2D eigenvalue weighted by Gasteiger charge is -2.44. The molecule has 0 aromatic carbocycles. The first kappa shape index (κ1) is 25.2. The highest BCUT2D eigenvalue weighted by molar-refractivity contribution is 5.75. The first-order valence-electron chi connectivity index (χ1n) is 8.99. The summed E-state index contributed by atoms with van der Waals surface area (Å²) < 4.78 is 30.8. The van der Waals surface area contributed by atoms with Gasteiger partial charge < -0.3 is 28.4 Å². The van der Waals surface area contributed by atoms with Gasteiger partial charge in [0.05, 0.1) is 6.61 Å². The monoisotopic (exact) mass is 435 g/mol. The second kappa shape index (κ2) is 11.4. The molecule has 0 radical (unpaired) electrons. The second-order valence-electron chi connectivity index (χ2n) is 6.29. The molecule has 0 bridgehead atoms. The third-order valence-corrected chi connectivity index (χ3v) is 4.10. The van der Waals surface area contributed by atoms with Crippen molar-refractivity contribution in [2.24, 2.45) is 5.92 Å². The maximum atomic E-state index is 12.3. The van der Waals surface area contributed by atoms with Crippen LogP contribution in [-0.4, -0.2) is 79.8 Å². The quantitative estimate of drug-likeness (QED) is 0.199. The van der Waals surface area contributed by atoms with E-state index in [1.165, 1.54) is 6.92 Å². The van der Waals surface area contributed by atoms with Gasteiger partial charge in [-0.25, -0.2) is 4.79 Å². The molecule has 0 aromatic heterocycles. The highest BCUT2D eigenvalue weighted by Gasteiger charge is 2.59. The molecule has 30 heavy (non-hydrogen) atoms. The number of nitrogens with zero attached hydrogens (tertiary/aromatic N) is 1. The van der Waals surface area contributed by atoms with Gasteiger partial charge in [0, 0.05) is 32.8 Å². The summed E-state index contributed by atoms with van der Waals surface area (Å²) in [5.41, 5.74) is 0. The third-order valence-electron chi connectivity index (χ3n) is 4.10. The largest absolute Gasteiger partial charge is 0.463 e. The zero-order chi connectivity index (χ0) is 23.0. The standard InChI is InChI=1S/C17H25NO12/c1-6-26-16(22)13(18(23)24)12-15(29-10(4)21)14(28-9(3)20)11(7-27-8(2)19)30-17(12)25-5/h11-15,17H,6-7H2,1-5H3/t11-,12?,13?,14-,15-,17?/m1/s1. The van der Waals surface area contributed by atoms with Crippen LogP contribution >= 0.6 is 0 Å². The molecule has 1 rings (SSSR count). The van der Waals surface area contributed by atoms with Gasteiger partial charge in [-0.3, -0.25) is 24.5 Å². The number of nitro groups is 1. The van der Waals surface area contributed by atoms with Crippen LogP contribution in [0.15, 0.2) is 0 Å². The second-order valence-corrected chi connectivity index (χ2v) is 6.29. The fraction of sp³-hybridized carbons (Fsp3) is 0.765. The lowest BCUT2D eigenvalue weighted by molar-refractivity contribution is -0.532. The Morgan fingerprint density at radius 2 is 1.57 bits per heavy atom. The maximum absolute atomic E-state index is 12.3. The van der Waals surface area contributed by atoms with Crippen molar-refractivity contribution in [1.29, 1.82) is 0 Å². The number of hydrogen-bond acceptors (Lipinski definition) is 12. The van der Waals surface area contributed by atoms with E-state index < -0.39 is 72.0 Å². The summed E-state index contributed by atoms with van der Waals surface area (Å²) in [6.07, 6.45) is -5.62. The number of carbonyl (C=O) groups is 4. The summed E-state index contributed by atoms with van der Waals surface area (Å²) in [5.74, 6) is -5.11. The van der Waals surface area contributed by atoms with Crippen molar-refractivity contribution in [2.45, 2.75) is 58.3 Å². The SMILES string of the molecule is CCOC(=O)C(C1C(OC)O[C@H](COC(C)=O)[C@@H](OC(C)=O)[C@@H]1OC(C)=O)[N+](=O)[O-]. The molecule has 1 aliphatic heterocycles. The highest BCUT2D eigenvalue weighted by atomic mass is 16.7. The molecule has 1 saturated heterocycles. The van der Waals surface area contributed by atoms with Crippen LogP contribution in [0.2, 0.25) is 0 Å². The van der Waals surface area contributed by atoms with Gasteiger partial charge in [0.15, 0.2) is 18.5 Å². The van der Waals surface area contributed by atoms with Gasteiger partial charge in [0.25, 0.3) is 0 Å². The van der Waals surface area contributed by atoms with Crippen LogP contribution < -0.4 is 0 Å². The van der Waals surface area contributed by atoms with E-state index in [0.29, 0.717) is 0 Å². The third kappa shape index (κ3) is 6.62.